The highest BCUT2D eigenvalue weighted by atomic mass is 16.5. The van der Waals surface area contributed by atoms with Gasteiger partial charge in [-0.15, -0.1) is 0 Å². The van der Waals surface area contributed by atoms with E-state index in [4.69, 9.17) is 10.5 Å². The standard InChI is InChI=1S/C17H26N2O/c1-13-12-19(8-5-16(13)11-18)7-4-14-2-3-17-15(10-14)6-9-20-17/h2-3,10,13,16H,4-9,11-12,18H2,1H3. The Morgan fingerprint density at radius 1 is 1.40 bits per heavy atom. The molecule has 110 valence electrons. The van der Waals surface area contributed by atoms with E-state index in [0.717, 1.165) is 43.6 Å². The van der Waals surface area contributed by atoms with Crippen molar-refractivity contribution >= 4 is 0 Å². The Morgan fingerprint density at radius 2 is 2.30 bits per heavy atom. The van der Waals surface area contributed by atoms with Crippen LogP contribution in [0.15, 0.2) is 18.2 Å². The average molecular weight is 274 g/mol. The van der Waals surface area contributed by atoms with Gasteiger partial charge in [0.2, 0.25) is 0 Å². The van der Waals surface area contributed by atoms with Crippen molar-refractivity contribution in [3.63, 3.8) is 0 Å². The highest BCUT2D eigenvalue weighted by molar-refractivity contribution is 5.39. The molecule has 0 amide bonds. The molecule has 0 aliphatic carbocycles. The highest BCUT2D eigenvalue weighted by Gasteiger charge is 2.24. The van der Waals surface area contributed by atoms with Gasteiger partial charge in [-0.2, -0.15) is 0 Å². The SMILES string of the molecule is CC1CN(CCc2ccc3c(c2)CCO3)CCC1CN. The lowest BCUT2D eigenvalue weighted by atomic mass is 9.87. The zero-order valence-corrected chi connectivity index (χ0v) is 12.5. The van der Waals surface area contributed by atoms with Crippen LogP contribution >= 0.6 is 0 Å². The van der Waals surface area contributed by atoms with Gasteiger partial charge in [-0.1, -0.05) is 19.1 Å². The first-order valence-corrected chi connectivity index (χ1v) is 7.93. The summed E-state index contributed by atoms with van der Waals surface area (Å²) in [5.74, 6) is 2.55. The number of fused-ring (bicyclic) bond motifs is 1. The van der Waals surface area contributed by atoms with Gasteiger partial charge in [-0.25, -0.2) is 0 Å². The van der Waals surface area contributed by atoms with Crippen molar-refractivity contribution in [1.82, 2.24) is 4.90 Å². The van der Waals surface area contributed by atoms with Crippen LogP contribution in [0.25, 0.3) is 0 Å². The summed E-state index contributed by atoms with van der Waals surface area (Å²) < 4.78 is 5.56. The zero-order chi connectivity index (χ0) is 13.9. The molecular formula is C17H26N2O. The van der Waals surface area contributed by atoms with Crippen LogP contribution < -0.4 is 10.5 Å². The fraction of sp³-hybridized carbons (Fsp3) is 0.647. The fourth-order valence-electron chi connectivity index (χ4n) is 3.52. The van der Waals surface area contributed by atoms with E-state index in [9.17, 15) is 0 Å². The van der Waals surface area contributed by atoms with E-state index in [0.29, 0.717) is 0 Å². The number of hydrogen-bond donors (Lipinski definition) is 1. The molecule has 0 bridgehead atoms. The van der Waals surface area contributed by atoms with E-state index in [1.165, 1.54) is 37.2 Å². The van der Waals surface area contributed by atoms with E-state index >= 15 is 0 Å². The summed E-state index contributed by atoms with van der Waals surface area (Å²) in [6.45, 7) is 7.62. The first-order valence-electron chi connectivity index (χ1n) is 7.93. The number of nitrogens with zero attached hydrogens (tertiary/aromatic N) is 1. The Kier molecular flexibility index (Phi) is 4.27. The van der Waals surface area contributed by atoms with E-state index in [1.54, 1.807) is 0 Å². The van der Waals surface area contributed by atoms with Gasteiger partial charge >= 0.3 is 0 Å². The molecule has 1 fully saturated rings. The van der Waals surface area contributed by atoms with Gasteiger partial charge in [0.05, 0.1) is 6.61 Å². The fourth-order valence-corrected chi connectivity index (χ4v) is 3.52. The van der Waals surface area contributed by atoms with Crippen molar-refractivity contribution in [3.05, 3.63) is 29.3 Å². The average Bonchev–Trinajstić information content (AvgIpc) is 2.92. The normalized spacial score (nSPS) is 26.3. The van der Waals surface area contributed by atoms with Crippen LogP contribution in [0.5, 0.6) is 5.75 Å². The first-order chi connectivity index (χ1) is 9.76. The third-order valence-electron chi connectivity index (χ3n) is 4.94. The molecule has 2 aliphatic rings. The number of piperidine rings is 1. The van der Waals surface area contributed by atoms with Crippen molar-refractivity contribution in [2.45, 2.75) is 26.2 Å². The number of hydrogen-bond acceptors (Lipinski definition) is 3. The molecule has 1 aromatic carbocycles. The van der Waals surface area contributed by atoms with E-state index in [-0.39, 0.29) is 0 Å². The lowest BCUT2D eigenvalue weighted by Gasteiger charge is -2.36. The Bertz CT molecular complexity index is 460. The summed E-state index contributed by atoms with van der Waals surface area (Å²) in [5, 5.41) is 0. The third-order valence-corrected chi connectivity index (χ3v) is 4.94. The lowest BCUT2D eigenvalue weighted by Crippen LogP contribution is -2.42. The Balaban J connectivity index is 1.52. The second kappa shape index (κ2) is 6.15. The summed E-state index contributed by atoms with van der Waals surface area (Å²) in [6, 6.07) is 6.69. The van der Waals surface area contributed by atoms with Crippen LogP contribution in [0.1, 0.15) is 24.5 Å². The van der Waals surface area contributed by atoms with Crippen LogP contribution in [0, 0.1) is 11.8 Å². The van der Waals surface area contributed by atoms with Crippen molar-refractivity contribution in [2.75, 3.05) is 32.8 Å². The summed E-state index contributed by atoms with van der Waals surface area (Å²) in [7, 11) is 0. The maximum Gasteiger partial charge on any atom is 0.122 e. The van der Waals surface area contributed by atoms with Crippen LogP contribution in [-0.4, -0.2) is 37.7 Å². The number of likely N-dealkylation sites (tertiary alicyclic amines) is 1. The summed E-state index contributed by atoms with van der Waals surface area (Å²) in [5.41, 5.74) is 8.66. The highest BCUT2D eigenvalue weighted by Crippen LogP contribution is 2.26. The number of rotatable bonds is 4. The van der Waals surface area contributed by atoms with Gasteiger partial charge < -0.3 is 15.4 Å². The van der Waals surface area contributed by atoms with E-state index < -0.39 is 0 Å². The van der Waals surface area contributed by atoms with Crippen molar-refractivity contribution in [3.8, 4) is 5.75 Å². The summed E-state index contributed by atoms with van der Waals surface area (Å²) in [6.07, 6.45) is 3.48. The van der Waals surface area contributed by atoms with Crippen LogP contribution in [0.2, 0.25) is 0 Å². The Hall–Kier alpha value is -1.06. The predicted molar refractivity (Wildman–Crippen MR) is 82.1 cm³/mol. The van der Waals surface area contributed by atoms with Crippen LogP contribution in [0.3, 0.4) is 0 Å². The van der Waals surface area contributed by atoms with Crippen LogP contribution in [0.4, 0.5) is 0 Å². The largest absolute Gasteiger partial charge is 0.493 e. The minimum absolute atomic E-state index is 0.725. The van der Waals surface area contributed by atoms with Gasteiger partial charge in [0.25, 0.3) is 0 Å². The zero-order valence-electron chi connectivity index (χ0n) is 12.5. The molecule has 3 nitrogen and oxygen atoms in total. The minimum atomic E-state index is 0.725. The molecule has 2 aliphatic heterocycles. The monoisotopic (exact) mass is 274 g/mol. The minimum Gasteiger partial charge on any atom is -0.493 e. The summed E-state index contributed by atoms with van der Waals surface area (Å²) in [4.78, 5) is 2.60. The van der Waals surface area contributed by atoms with Gasteiger partial charge in [-0.05, 0) is 55.0 Å². The Morgan fingerprint density at radius 3 is 3.10 bits per heavy atom. The molecule has 20 heavy (non-hydrogen) atoms. The predicted octanol–water partition coefficient (Wildman–Crippen LogP) is 2.08. The van der Waals surface area contributed by atoms with E-state index in [1.807, 2.05) is 0 Å². The summed E-state index contributed by atoms with van der Waals surface area (Å²) >= 11 is 0. The smallest absolute Gasteiger partial charge is 0.122 e. The molecule has 2 heterocycles. The van der Waals surface area contributed by atoms with Crippen molar-refractivity contribution < 1.29 is 4.74 Å². The van der Waals surface area contributed by atoms with Crippen LogP contribution in [-0.2, 0) is 12.8 Å². The maximum atomic E-state index is 5.83. The molecule has 2 unspecified atom stereocenters. The lowest BCUT2D eigenvalue weighted by molar-refractivity contribution is 0.134. The first kappa shape index (κ1) is 13.9. The molecule has 1 aromatic rings. The van der Waals surface area contributed by atoms with Gasteiger partial charge in [0, 0.05) is 19.5 Å². The number of nitrogens with two attached hydrogens (primary N) is 1. The molecule has 2 atom stereocenters. The molecule has 0 spiro atoms. The molecule has 3 rings (SSSR count). The molecular weight excluding hydrogens is 248 g/mol. The number of benzene rings is 1. The van der Waals surface area contributed by atoms with E-state index in [2.05, 4.69) is 30.0 Å². The van der Waals surface area contributed by atoms with Gasteiger partial charge in [-0.3, -0.25) is 0 Å². The molecule has 2 N–H and O–H groups in total. The molecule has 1 saturated heterocycles. The quantitative estimate of drug-likeness (QED) is 0.913. The topological polar surface area (TPSA) is 38.5 Å². The van der Waals surface area contributed by atoms with Crippen molar-refractivity contribution in [2.24, 2.45) is 17.6 Å². The molecule has 0 radical (unpaired) electrons. The van der Waals surface area contributed by atoms with Gasteiger partial charge in [0.15, 0.2) is 0 Å². The maximum absolute atomic E-state index is 5.83. The third kappa shape index (κ3) is 2.99. The molecule has 0 saturated carbocycles. The Labute approximate surface area is 122 Å². The van der Waals surface area contributed by atoms with Crippen molar-refractivity contribution in [1.29, 1.82) is 0 Å². The number of ether oxygens (including phenoxy) is 1. The molecule has 3 heteroatoms. The van der Waals surface area contributed by atoms with Gasteiger partial charge in [0.1, 0.15) is 5.75 Å². The molecule has 0 aromatic heterocycles. The second-order valence-corrected chi connectivity index (χ2v) is 6.35. The second-order valence-electron chi connectivity index (χ2n) is 6.35.